The highest BCUT2D eigenvalue weighted by atomic mass is 35.5. The zero-order valence-electron chi connectivity index (χ0n) is 15.5. The van der Waals surface area contributed by atoms with E-state index in [-0.39, 0.29) is 4.90 Å². The topological polar surface area (TPSA) is 96.9 Å². The SMILES string of the molecule is O=S(=O)(Nc1ccc(Nc2nccc(-c3ccncc3)n2)cc1)c1ccc(Cl)cc1. The van der Waals surface area contributed by atoms with Gasteiger partial charge in [-0.15, -0.1) is 0 Å². The Morgan fingerprint density at radius 2 is 1.43 bits per heavy atom. The minimum atomic E-state index is -3.70. The average molecular weight is 438 g/mol. The van der Waals surface area contributed by atoms with E-state index in [9.17, 15) is 8.42 Å². The van der Waals surface area contributed by atoms with Crippen LogP contribution >= 0.6 is 11.6 Å². The number of sulfonamides is 1. The lowest BCUT2D eigenvalue weighted by atomic mass is 10.2. The van der Waals surface area contributed by atoms with Crippen LogP contribution < -0.4 is 10.0 Å². The molecule has 0 saturated carbocycles. The third-order valence-corrected chi connectivity index (χ3v) is 5.80. The van der Waals surface area contributed by atoms with Gasteiger partial charge in [0.15, 0.2) is 0 Å². The molecule has 0 radical (unpaired) electrons. The summed E-state index contributed by atoms with van der Waals surface area (Å²) in [7, 11) is -3.70. The van der Waals surface area contributed by atoms with Crippen LogP contribution in [0, 0.1) is 0 Å². The predicted octanol–water partition coefficient (Wildman–Crippen LogP) is 4.74. The number of anilines is 3. The van der Waals surface area contributed by atoms with Gasteiger partial charge in [0.25, 0.3) is 10.0 Å². The molecular weight excluding hydrogens is 422 g/mol. The molecular formula is C21H16ClN5O2S. The van der Waals surface area contributed by atoms with Crippen LogP contribution in [-0.4, -0.2) is 23.4 Å². The fourth-order valence-electron chi connectivity index (χ4n) is 2.68. The van der Waals surface area contributed by atoms with Gasteiger partial charge >= 0.3 is 0 Å². The van der Waals surface area contributed by atoms with Crippen molar-refractivity contribution in [3.63, 3.8) is 0 Å². The van der Waals surface area contributed by atoms with E-state index in [1.807, 2.05) is 18.2 Å². The normalized spacial score (nSPS) is 11.1. The molecule has 0 bridgehead atoms. The summed E-state index contributed by atoms with van der Waals surface area (Å²) in [6.07, 6.45) is 5.07. The van der Waals surface area contributed by atoms with Gasteiger partial charge in [0, 0.05) is 40.6 Å². The number of nitrogens with one attached hydrogen (secondary N) is 2. The summed E-state index contributed by atoms with van der Waals surface area (Å²) in [5, 5.41) is 3.58. The summed E-state index contributed by atoms with van der Waals surface area (Å²) >= 11 is 5.82. The summed E-state index contributed by atoms with van der Waals surface area (Å²) in [6.45, 7) is 0. The Hall–Kier alpha value is -3.49. The van der Waals surface area contributed by atoms with E-state index in [4.69, 9.17) is 11.6 Å². The summed E-state index contributed by atoms with van der Waals surface area (Å²) in [5.41, 5.74) is 2.85. The number of pyridine rings is 1. The second kappa shape index (κ2) is 8.48. The third-order valence-electron chi connectivity index (χ3n) is 4.15. The molecule has 0 amide bonds. The van der Waals surface area contributed by atoms with Crippen molar-refractivity contribution in [2.75, 3.05) is 10.0 Å². The van der Waals surface area contributed by atoms with Crippen molar-refractivity contribution >= 4 is 38.9 Å². The molecule has 4 aromatic rings. The quantitative estimate of drug-likeness (QED) is 0.452. The second-order valence-electron chi connectivity index (χ2n) is 6.26. The summed E-state index contributed by atoms with van der Waals surface area (Å²) in [5.74, 6) is 0.429. The van der Waals surface area contributed by atoms with Crippen LogP contribution in [0.15, 0.2) is 90.2 Å². The standard InChI is InChI=1S/C21H16ClN5O2S/c22-16-1-7-19(8-2-16)30(28,29)27-18-5-3-17(4-6-18)25-21-24-14-11-20(26-21)15-9-12-23-13-10-15/h1-14,27H,(H,24,25,26). The maximum Gasteiger partial charge on any atom is 0.261 e. The molecule has 0 aliphatic rings. The lowest BCUT2D eigenvalue weighted by Gasteiger charge is -2.10. The van der Waals surface area contributed by atoms with Crippen molar-refractivity contribution in [3.05, 3.63) is 90.3 Å². The summed E-state index contributed by atoms with van der Waals surface area (Å²) < 4.78 is 27.5. The number of aromatic nitrogens is 3. The lowest BCUT2D eigenvalue weighted by Crippen LogP contribution is -2.12. The number of nitrogens with zero attached hydrogens (tertiary/aromatic N) is 3. The number of halogens is 1. The smallest absolute Gasteiger partial charge is 0.261 e. The Morgan fingerprint density at radius 3 is 2.13 bits per heavy atom. The number of hydrogen-bond acceptors (Lipinski definition) is 6. The van der Waals surface area contributed by atoms with Crippen LogP contribution in [0.5, 0.6) is 0 Å². The Kier molecular flexibility index (Phi) is 5.60. The Balaban J connectivity index is 1.47. The minimum absolute atomic E-state index is 0.135. The van der Waals surface area contributed by atoms with Gasteiger partial charge in [0.1, 0.15) is 0 Å². The summed E-state index contributed by atoms with van der Waals surface area (Å²) in [4.78, 5) is 12.9. The lowest BCUT2D eigenvalue weighted by molar-refractivity contribution is 0.601. The van der Waals surface area contributed by atoms with Gasteiger partial charge in [-0.2, -0.15) is 0 Å². The van der Waals surface area contributed by atoms with Gasteiger partial charge in [0.2, 0.25) is 5.95 Å². The fourth-order valence-corrected chi connectivity index (χ4v) is 3.87. The molecule has 9 heteroatoms. The van der Waals surface area contributed by atoms with E-state index in [0.29, 0.717) is 16.7 Å². The molecule has 0 aliphatic carbocycles. The van der Waals surface area contributed by atoms with Crippen LogP contribution in [0.3, 0.4) is 0 Å². The van der Waals surface area contributed by atoms with Crippen LogP contribution in [-0.2, 0) is 10.0 Å². The predicted molar refractivity (Wildman–Crippen MR) is 117 cm³/mol. The van der Waals surface area contributed by atoms with E-state index in [0.717, 1.165) is 16.9 Å². The molecule has 0 fully saturated rings. The van der Waals surface area contributed by atoms with Gasteiger partial charge in [-0.3, -0.25) is 9.71 Å². The van der Waals surface area contributed by atoms with Crippen LogP contribution in [0.25, 0.3) is 11.3 Å². The monoisotopic (exact) mass is 437 g/mol. The molecule has 0 unspecified atom stereocenters. The average Bonchev–Trinajstić information content (AvgIpc) is 2.76. The van der Waals surface area contributed by atoms with E-state index >= 15 is 0 Å². The van der Waals surface area contributed by atoms with Gasteiger partial charge in [-0.25, -0.2) is 18.4 Å². The number of rotatable bonds is 6. The van der Waals surface area contributed by atoms with Gasteiger partial charge in [-0.05, 0) is 66.7 Å². The zero-order chi connectivity index (χ0) is 21.0. The van der Waals surface area contributed by atoms with Crippen molar-refractivity contribution < 1.29 is 8.42 Å². The van der Waals surface area contributed by atoms with E-state index in [1.54, 1.807) is 42.9 Å². The molecule has 0 aliphatic heterocycles. The molecule has 0 saturated heterocycles. The number of benzene rings is 2. The van der Waals surface area contributed by atoms with Crippen molar-refractivity contribution in [3.8, 4) is 11.3 Å². The highest BCUT2D eigenvalue weighted by Gasteiger charge is 2.14. The van der Waals surface area contributed by atoms with Crippen LogP contribution in [0.4, 0.5) is 17.3 Å². The second-order valence-corrected chi connectivity index (χ2v) is 8.38. The Labute approximate surface area is 178 Å². The Morgan fingerprint density at radius 1 is 0.767 bits per heavy atom. The van der Waals surface area contributed by atoms with Gasteiger partial charge in [0.05, 0.1) is 10.6 Å². The first-order valence-corrected chi connectivity index (χ1v) is 10.7. The fraction of sp³-hybridized carbons (Fsp3) is 0. The van der Waals surface area contributed by atoms with E-state index in [1.165, 1.54) is 24.3 Å². The van der Waals surface area contributed by atoms with Crippen molar-refractivity contribution in [1.82, 2.24) is 15.0 Å². The van der Waals surface area contributed by atoms with Gasteiger partial charge in [-0.1, -0.05) is 11.6 Å². The minimum Gasteiger partial charge on any atom is -0.324 e. The van der Waals surface area contributed by atoms with Crippen LogP contribution in [0.2, 0.25) is 5.02 Å². The van der Waals surface area contributed by atoms with Crippen molar-refractivity contribution in [1.29, 1.82) is 0 Å². The summed E-state index contributed by atoms with van der Waals surface area (Å²) in [6, 6.07) is 18.3. The van der Waals surface area contributed by atoms with E-state index < -0.39 is 10.0 Å². The molecule has 2 N–H and O–H groups in total. The third kappa shape index (κ3) is 4.73. The molecule has 2 aromatic heterocycles. The van der Waals surface area contributed by atoms with Gasteiger partial charge < -0.3 is 5.32 Å². The first-order valence-electron chi connectivity index (χ1n) is 8.88. The van der Waals surface area contributed by atoms with Crippen molar-refractivity contribution in [2.45, 2.75) is 4.90 Å². The Bertz CT molecular complexity index is 1250. The van der Waals surface area contributed by atoms with E-state index in [2.05, 4.69) is 25.0 Å². The maximum absolute atomic E-state index is 12.5. The zero-order valence-corrected chi connectivity index (χ0v) is 17.1. The van der Waals surface area contributed by atoms with Crippen LogP contribution in [0.1, 0.15) is 0 Å². The van der Waals surface area contributed by atoms with Crippen molar-refractivity contribution in [2.24, 2.45) is 0 Å². The molecule has 0 spiro atoms. The first kappa shape index (κ1) is 19.8. The highest BCUT2D eigenvalue weighted by molar-refractivity contribution is 7.92. The first-order chi connectivity index (χ1) is 14.5. The molecule has 2 heterocycles. The molecule has 150 valence electrons. The molecule has 2 aromatic carbocycles. The number of hydrogen-bond donors (Lipinski definition) is 2. The highest BCUT2D eigenvalue weighted by Crippen LogP contribution is 2.22. The molecule has 0 atom stereocenters. The maximum atomic E-state index is 12.5. The molecule has 7 nitrogen and oxygen atoms in total. The molecule has 4 rings (SSSR count). The largest absolute Gasteiger partial charge is 0.324 e. The molecule has 30 heavy (non-hydrogen) atoms.